The van der Waals surface area contributed by atoms with Gasteiger partial charge in [-0.1, -0.05) is 18.2 Å². The van der Waals surface area contributed by atoms with Crippen LogP contribution >= 0.6 is 11.3 Å². The Morgan fingerprint density at radius 1 is 1.16 bits per heavy atom. The van der Waals surface area contributed by atoms with Gasteiger partial charge in [0, 0.05) is 23.0 Å². The van der Waals surface area contributed by atoms with Crippen LogP contribution in [0.1, 0.15) is 14.5 Å². The smallest absolute Gasteiger partial charge is 0.265 e. The molecule has 6 nitrogen and oxygen atoms in total. The van der Waals surface area contributed by atoms with Gasteiger partial charge in [0.05, 0.1) is 22.3 Å². The molecule has 2 aromatic heterocycles. The zero-order valence-electron chi connectivity index (χ0n) is 13.5. The summed E-state index contributed by atoms with van der Waals surface area (Å²) in [6.07, 6.45) is 3.36. The van der Waals surface area contributed by atoms with Crippen LogP contribution in [0.3, 0.4) is 0 Å². The lowest BCUT2D eigenvalue weighted by Gasteiger charge is -2.06. The molecular weight excluding hydrogens is 358 g/mol. The number of pyridine rings is 1. The highest BCUT2D eigenvalue weighted by Crippen LogP contribution is 2.23. The molecule has 0 fully saturated rings. The van der Waals surface area contributed by atoms with Gasteiger partial charge in [-0.05, 0) is 30.7 Å². The molecule has 3 rings (SSSR count). The number of hydrogen-bond acceptors (Lipinski definition) is 5. The van der Waals surface area contributed by atoms with Gasteiger partial charge in [0.15, 0.2) is 0 Å². The predicted octanol–water partition coefficient (Wildman–Crippen LogP) is 2.64. The summed E-state index contributed by atoms with van der Waals surface area (Å²) in [4.78, 5) is 18.3. The van der Waals surface area contributed by atoms with E-state index in [9.17, 15) is 13.2 Å². The molecule has 25 heavy (non-hydrogen) atoms. The van der Waals surface area contributed by atoms with Crippen molar-refractivity contribution in [2.24, 2.45) is 0 Å². The van der Waals surface area contributed by atoms with Gasteiger partial charge in [0.1, 0.15) is 0 Å². The molecule has 130 valence electrons. The van der Waals surface area contributed by atoms with Gasteiger partial charge in [-0.25, -0.2) is 13.1 Å². The summed E-state index contributed by atoms with van der Waals surface area (Å²) >= 11 is 1.35. The number of thiophene rings is 1. The molecule has 0 aliphatic rings. The molecule has 0 radical (unpaired) electrons. The number of amides is 1. The summed E-state index contributed by atoms with van der Waals surface area (Å²) in [5.41, 5.74) is 1.41. The Balaban J connectivity index is 1.69. The topological polar surface area (TPSA) is 88.2 Å². The number of anilines is 1. The number of carbonyl (C=O) groups excluding carboxylic acids is 1. The van der Waals surface area contributed by atoms with E-state index in [1.165, 1.54) is 11.3 Å². The fourth-order valence-electron chi connectivity index (χ4n) is 2.38. The molecular formula is C17H17N3O3S2. The summed E-state index contributed by atoms with van der Waals surface area (Å²) in [6, 6.07) is 13.0. The molecule has 0 aliphatic carbocycles. The lowest BCUT2D eigenvalue weighted by atomic mass is 10.2. The third kappa shape index (κ3) is 4.62. The predicted molar refractivity (Wildman–Crippen MR) is 101 cm³/mol. The summed E-state index contributed by atoms with van der Waals surface area (Å²) < 4.78 is 24.6. The highest BCUT2D eigenvalue weighted by Gasteiger charge is 2.12. The van der Waals surface area contributed by atoms with Gasteiger partial charge < -0.3 is 5.32 Å². The first-order chi connectivity index (χ1) is 11.9. The van der Waals surface area contributed by atoms with Crippen LogP contribution in [-0.2, 0) is 16.4 Å². The van der Waals surface area contributed by atoms with E-state index in [1.807, 2.05) is 36.4 Å². The van der Waals surface area contributed by atoms with Crippen LogP contribution in [0.25, 0.3) is 10.9 Å². The van der Waals surface area contributed by atoms with Gasteiger partial charge in [0.2, 0.25) is 10.0 Å². The number of sulfonamides is 1. The number of aromatic nitrogens is 1. The Morgan fingerprint density at radius 3 is 2.76 bits per heavy atom. The minimum Gasteiger partial charge on any atom is -0.319 e. The Bertz CT molecular complexity index is 1010. The van der Waals surface area contributed by atoms with E-state index in [2.05, 4.69) is 15.0 Å². The van der Waals surface area contributed by atoms with E-state index in [-0.39, 0.29) is 5.91 Å². The quantitative estimate of drug-likeness (QED) is 0.693. The summed E-state index contributed by atoms with van der Waals surface area (Å²) in [5, 5.41) is 3.85. The first-order valence-corrected chi connectivity index (χ1v) is 10.3. The summed E-state index contributed by atoms with van der Waals surface area (Å²) in [7, 11) is -3.20. The molecule has 1 aromatic carbocycles. The lowest BCUT2D eigenvalue weighted by Crippen LogP contribution is -2.24. The van der Waals surface area contributed by atoms with Crippen LogP contribution in [0.2, 0.25) is 0 Å². The zero-order valence-corrected chi connectivity index (χ0v) is 15.2. The highest BCUT2D eigenvalue weighted by molar-refractivity contribution is 7.88. The number of para-hydroxylation sites is 1. The van der Waals surface area contributed by atoms with E-state index in [1.54, 1.807) is 12.3 Å². The molecule has 0 spiro atoms. The van der Waals surface area contributed by atoms with Crippen molar-refractivity contribution in [3.05, 3.63) is 58.4 Å². The Hall–Kier alpha value is -2.29. The van der Waals surface area contributed by atoms with Crippen molar-refractivity contribution in [2.45, 2.75) is 6.42 Å². The standard InChI is InChI=1S/C17H17N3O3S2/c1-25(22,23)19-11-9-13-7-8-15(24-13)17(21)20-14-6-2-4-12-5-3-10-18-16(12)14/h2-8,10,19H,9,11H2,1H3,(H,20,21). The number of benzene rings is 1. The molecule has 0 unspecified atom stereocenters. The van der Waals surface area contributed by atoms with Crippen molar-refractivity contribution in [1.29, 1.82) is 0 Å². The number of rotatable bonds is 6. The molecule has 0 bridgehead atoms. The fourth-order valence-corrected chi connectivity index (χ4v) is 3.76. The highest BCUT2D eigenvalue weighted by atomic mass is 32.2. The van der Waals surface area contributed by atoms with Crippen molar-refractivity contribution in [1.82, 2.24) is 9.71 Å². The third-order valence-corrected chi connectivity index (χ3v) is 5.37. The number of fused-ring (bicyclic) bond motifs is 1. The van der Waals surface area contributed by atoms with Gasteiger partial charge in [-0.3, -0.25) is 9.78 Å². The molecule has 0 saturated carbocycles. The van der Waals surface area contributed by atoms with Crippen molar-refractivity contribution in [3.63, 3.8) is 0 Å². The molecule has 2 N–H and O–H groups in total. The minimum atomic E-state index is -3.20. The third-order valence-electron chi connectivity index (χ3n) is 3.50. The minimum absolute atomic E-state index is 0.203. The Kier molecular flexibility index (Phi) is 5.12. The number of nitrogens with zero attached hydrogens (tertiary/aromatic N) is 1. The molecule has 0 atom stereocenters. The summed E-state index contributed by atoms with van der Waals surface area (Å²) in [6.45, 7) is 0.313. The van der Waals surface area contributed by atoms with Crippen molar-refractivity contribution in [3.8, 4) is 0 Å². The first-order valence-electron chi connectivity index (χ1n) is 7.61. The van der Waals surface area contributed by atoms with Crippen LogP contribution in [0.4, 0.5) is 5.69 Å². The van der Waals surface area contributed by atoms with Gasteiger partial charge in [-0.15, -0.1) is 11.3 Å². The molecule has 3 aromatic rings. The molecule has 0 saturated heterocycles. The monoisotopic (exact) mass is 375 g/mol. The van der Waals surface area contributed by atoms with Gasteiger partial charge in [-0.2, -0.15) is 0 Å². The van der Waals surface area contributed by atoms with E-state index in [0.717, 1.165) is 22.0 Å². The van der Waals surface area contributed by atoms with Gasteiger partial charge in [0.25, 0.3) is 5.91 Å². The largest absolute Gasteiger partial charge is 0.319 e. The number of hydrogen-bond donors (Lipinski definition) is 2. The van der Waals surface area contributed by atoms with Crippen LogP contribution in [0.15, 0.2) is 48.7 Å². The molecule has 0 aliphatic heterocycles. The van der Waals surface area contributed by atoms with E-state index >= 15 is 0 Å². The number of nitrogens with one attached hydrogen (secondary N) is 2. The first kappa shape index (κ1) is 17.5. The normalized spacial score (nSPS) is 11.6. The zero-order chi connectivity index (χ0) is 17.9. The van der Waals surface area contributed by atoms with Gasteiger partial charge >= 0.3 is 0 Å². The average Bonchev–Trinajstić information content (AvgIpc) is 3.03. The molecule has 2 heterocycles. The average molecular weight is 375 g/mol. The van der Waals surface area contributed by atoms with E-state index in [4.69, 9.17) is 0 Å². The van der Waals surface area contributed by atoms with E-state index in [0.29, 0.717) is 23.5 Å². The van der Waals surface area contributed by atoms with Crippen LogP contribution < -0.4 is 10.0 Å². The second kappa shape index (κ2) is 7.30. The molecule has 8 heteroatoms. The van der Waals surface area contributed by atoms with Crippen molar-refractivity contribution >= 4 is 43.9 Å². The number of carbonyl (C=O) groups is 1. The fraction of sp³-hybridized carbons (Fsp3) is 0.176. The second-order valence-corrected chi connectivity index (χ2v) is 8.52. The van der Waals surface area contributed by atoms with Crippen LogP contribution in [-0.4, -0.2) is 32.1 Å². The molecule has 1 amide bonds. The Morgan fingerprint density at radius 2 is 1.96 bits per heavy atom. The maximum atomic E-state index is 12.5. The SMILES string of the molecule is CS(=O)(=O)NCCc1ccc(C(=O)Nc2cccc3cccnc23)s1. The van der Waals surface area contributed by atoms with E-state index < -0.39 is 10.0 Å². The summed E-state index contributed by atoms with van der Waals surface area (Å²) in [5.74, 6) is -0.203. The van der Waals surface area contributed by atoms with Crippen LogP contribution in [0, 0.1) is 0 Å². The van der Waals surface area contributed by atoms with Crippen LogP contribution in [0.5, 0.6) is 0 Å². The maximum Gasteiger partial charge on any atom is 0.265 e. The van der Waals surface area contributed by atoms with Crippen molar-refractivity contribution < 1.29 is 13.2 Å². The maximum absolute atomic E-state index is 12.5. The second-order valence-electron chi connectivity index (χ2n) is 5.52. The lowest BCUT2D eigenvalue weighted by molar-refractivity contribution is 0.103. The Labute approximate surface area is 150 Å². The van der Waals surface area contributed by atoms with Crippen molar-refractivity contribution in [2.75, 3.05) is 18.1 Å².